The molecule has 29 heavy (non-hydrogen) atoms. The summed E-state index contributed by atoms with van der Waals surface area (Å²) in [5.74, 6) is 0.667. The molecule has 1 aliphatic rings. The molecule has 1 unspecified atom stereocenters. The normalized spacial score (nSPS) is 16.2. The zero-order chi connectivity index (χ0) is 20.5. The van der Waals surface area contributed by atoms with Crippen LogP contribution in [-0.4, -0.2) is 70.8 Å². The Kier molecular flexibility index (Phi) is 8.52. The van der Waals surface area contributed by atoms with Gasteiger partial charge < -0.3 is 10.2 Å². The van der Waals surface area contributed by atoms with Crippen LogP contribution in [-0.2, 0) is 11.3 Å². The summed E-state index contributed by atoms with van der Waals surface area (Å²) < 4.78 is 0. The lowest BCUT2D eigenvalue weighted by atomic mass is 10.1. The van der Waals surface area contributed by atoms with Crippen LogP contribution >= 0.6 is 23.1 Å². The molecule has 1 fully saturated rings. The maximum absolute atomic E-state index is 13.2. The first-order valence-electron chi connectivity index (χ1n) is 9.91. The summed E-state index contributed by atoms with van der Waals surface area (Å²) in [7, 11) is 0. The molecule has 2 heterocycles. The molecule has 8 heteroatoms. The van der Waals surface area contributed by atoms with Crippen molar-refractivity contribution in [3.63, 3.8) is 0 Å². The molecule has 6 nitrogen and oxygen atoms in total. The van der Waals surface area contributed by atoms with E-state index in [-0.39, 0.29) is 11.8 Å². The first kappa shape index (κ1) is 21.8. The smallest absolute Gasteiger partial charge is 0.251 e. The fourth-order valence-electron chi connectivity index (χ4n) is 3.42. The quantitative estimate of drug-likeness (QED) is 0.695. The third-order valence-corrected chi connectivity index (χ3v) is 6.40. The van der Waals surface area contributed by atoms with Crippen LogP contribution in [0.15, 0.2) is 41.9 Å². The van der Waals surface area contributed by atoms with Crippen molar-refractivity contribution in [3.8, 4) is 0 Å². The number of rotatable bonds is 8. The maximum atomic E-state index is 13.2. The second kappa shape index (κ2) is 11.3. The highest BCUT2D eigenvalue weighted by atomic mass is 32.2. The summed E-state index contributed by atoms with van der Waals surface area (Å²) >= 11 is 3.35. The summed E-state index contributed by atoms with van der Waals surface area (Å²) in [5.41, 5.74) is 0.583. The Balaban J connectivity index is 1.60. The van der Waals surface area contributed by atoms with Crippen molar-refractivity contribution in [2.75, 3.05) is 38.2 Å². The van der Waals surface area contributed by atoms with Crippen molar-refractivity contribution in [1.29, 1.82) is 0 Å². The van der Waals surface area contributed by atoms with Gasteiger partial charge in [0.1, 0.15) is 11.0 Å². The van der Waals surface area contributed by atoms with Gasteiger partial charge in [0.2, 0.25) is 5.91 Å². The summed E-state index contributed by atoms with van der Waals surface area (Å²) in [6, 6.07) is 8.60. The van der Waals surface area contributed by atoms with E-state index in [2.05, 4.69) is 15.2 Å². The van der Waals surface area contributed by atoms with E-state index in [0.29, 0.717) is 18.5 Å². The molecule has 3 rings (SSSR count). The van der Waals surface area contributed by atoms with Crippen LogP contribution in [0.2, 0.25) is 0 Å². The van der Waals surface area contributed by atoms with Crippen molar-refractivity contribution in [2.24, 2.45) is 0 Å². The number of amides is 2. The molecule has 0 aliphatic carbocycles. The predicted molar refractivity (Wildman–Crippen MR) is 119 cm³/mol. The van der Waals surface area contributed by atoms with Gasteiger partial charge in [0.25, 0.3) is 5.91 Å². The third kappa shape index (κ3) is 6.55. The van der Waals surface area contributed by atoms with Crippen LogP contribution in [0.3, 0.4) is 0 Å². The molecule has 1 saturated heterocycles. The van der Waals surface area contributed by atoms with Gasteiger partial charge in [-0.15, -0.1) is 11.3 Å². The number of carbonyl (C=O) groups excluding carboxylic acids is 2. The van der Waals surface area contributed by atoms with Gasteiger partial charge in [-0.1, -0.05) is 18.2 Å². The van der Waals surface area contributed by atoms with Crippen molar-refractivity contribution in [2.45, 2.75) is 25.4 Å². The number of nitrogens with zero attached hydrogens (tertiary/aromatic N) is 3. The number of aromatic nitrogens is 1. The molecule has 1 N–H and O–H groups in total. The van der Waals surface area contributed by atoms with Crippen LogP contribution in [0.4, 0.5) is 0 Å². The Morgan fingerprint density at radius 1 is 1.21 bits per heavy atom. The zero-order valence-electron chi connectivity index (χ0n) is 16.8. The Hall–Kier alpha value is -1.90. The Morgan fingerprint density at radius 3 is 2.76 bits per heavy atom. The summed E-state index contributed by atoms with van der Waals surface area (Å²) in [4.78, 5) is 34.5. The average Bonchev–Trinajstić information content (AvgIpc) is 3.15. The van der Waals surface area contributed by atoms with Crippen LogP contribution < -0.4 is 5.32 Å². The number of nitrogens with one attached hydrogen (secondary N) is 1. The standard InChI is InChI=1S/C21H28N4O2S2/c1-28-14-8-18(23-20(26)17-6-3-2-4-7-17)21(27)25-11-5-10-24(12-13-25)16-19-22-9-15-29-19/h2-4,6-7,9,15,18H,5,8,10-14,16H2,1H3,(H,23,26). The number of hydrogen-bond acceptors (Lipinski definition) is 6. The monoisotopic (exact) mass is 432 g/mol. The van der Waals surface area contributed by atoms with Crippen molar-refractivity contribution < 1.29 is 9.59 Å². The van der Waals surface area contributed by atoms with E-state index in [1.165, 1.54) is 0 Å². The van der Waals surface area contributed by atoms with Gasteiger partial charge in [0, 0.05) is 43.3 Å². The first-order valence-corrected chi connectivity index (χ1v) is 12.2. The average molecular weight is 433 g/mol. The predicted octanol–water partition coefficient (Wildman–Crippen LogP) is 2.73. The lowest BCUT2D eigenvalue weighted by Crippen LogP contribution is -2.49. The van der Waals surface area contributed by atoms with Gasteiger partial charge in [0.15, 0.2) is 0 Å². The number of thiazole rings is 1. The fraction of sp³-hybridized carbons (Fsp3) is 0.476. The van der Waals surface area contributed by atoms with E-state index >= 15 is 0 Å². The minimum atomic E-state index is -0.485. The van der Waals surface area contributed by atoms with E-state index in [4.69, 9.17) is 0 Å². The Labute approximate surface area is 180 Å². The fourth-order valence-corrected chi connectivity index (χ4v) is 4.55. The van der Waals surface area contributed by atoms with E-state index in [0.717, 1.165) is 43.4 Å². The third-order valence-electron chi connectivity index (χ3n) is 4.99. The molecule has 1 aromatic heterocycles. The molecule has 0 spiro atoms. The van der Waals surface area contributed by atoms with Crippen LogP contribution in [0, 0.1) is 0 Å². The number of thioether (sulfide) groups is 1. The summed E-state index contributed by atoms with van der Waals surface area (Å²) in [5, 5.41) is 6.07. The first-order chi connectivity index (χ1) is 14.2. The van der Waals surface area contributed by atoms with Gasteiger partial charge in [0.05, 0.1) is 6.54 Å². The molecule has 1 aliphatic heterocycles. The zero-order valence-corrected chi connectivity index (χ0v) is 18.4. The van der Waals surface area contributed by atoms with Crippen LogP contribution in [0.1, 0.15) is 28.2 Å². The minimum Gasteiger partial charge on any atom is -0.340 e. The van der Waals surface area contributed by atoms with Gasteiger partial charge in [-0.25, -0.2) is 4.98 Å². The van der Waals surface area contributed by atoms with Crippen molar-refractivity contribution in [1.82, 2.24) is 20.1 Å². The number of benzene rings is 1. The van der Waals surface area contributed by atoms with E-state index in [1.807, 2.05) is 40.9 Å². The number of carbonyl (C=O) groups is 2. The molecule has 2 amide bonds. The highest BCUT2D eigenvalue weighted by Gasteiger charge is 2.27. The number of hydrogen-bond donors (Lipinski definition) is 1. The Morgan fingerprint density at radius 2 is 2.03 bits per heavy atom. The highest BCUT2D eigenvalue weighted by Crippen LogP contribution is 2.13. The molecule has 1 atom stereocenters. The molecule has 2 aromatic rings. The lowest BCUT2D eigenvalue weighted by Gasteiger charge is -2.27. The highest BCUT2D eigenvalue weighted by molar-refractivity contribution is 7.98. The summed E-state index contributed by atoms with van der Waals surface area (Å²) in [6.45, 7) is 4.02. The topological polar surface area (TPSA) is 65.5 Å². The van der Waals surface area contributed by atoms with Gasteiger partial charge in [-0.3, -0.25) is 14.5 Å². The van der Waals surface area contributed by atoms with E-state index in [9.17, 15) is 9.59 Å². The molecule has 156 valence electrons. The Bertz CT molecular complexity index is 770. The molecular weight excluding hydrogens is 404 g/mol. The van der Waals surface area contributed by atoms with E-state index in [1.54, 1.807) is 35.2 Å². The lowest BCUT2D eigenvalue weighted by molar-refractivity contribution is -0.133. The molecule has 0 bridgehead atoms. The second-order valence-electron chi connectivity index (χ2n) is 7.05. The minimum absolute atomic E-state index is 0.0272. The molecule has 0 saturated carbocycles. The molecular formula is C21H28N4O2S2. The van der Waals surface area contributed by atoms with Crippen LogP contribution in [0.5, 0.6) is 0 Å². The van der Waals surface area contributed by atoms with Gasteiger partial charge in [-0.2, -0.15) is 11.8 Å². The SMILES string of the molecule is CSCCC(NC(=O)c1ccccc1)C(=O)N1CCCN(Cc2nccs2)CC1. The van der Waals surface area contributed by atoms with E-state index < -0.39 is 6.04 Å². The van der Waals surface area contributed by atoms with Gasteiger partial charge in [-0.05, 0) is 37.0 Å². The summed E-state index contributed by atoms with van der Waals surface area (Å²) in [6.07, 6.45) is 5.42. The molecule has 0 radical (unpaired) electrons. The van der Waals surface area contributed by atoms with Gasteiger partial charge >= 0.3 is 0 Å². The largest absolute Gasteiger partial charge is 0.340 e. The van der Waals surface area contributed by atoms with Crippen LogP contribution in [0.25, 0.3) is 0 Å². The second-order valence-corrected chi connectivity index (χ2v) is 9.02. The molecule has 1 aromatic carbocycles. The maximum Gasteiger partial charge on any atom is 0.251 e. The van der Waals surface area contributed by atoms with Crippen molar-refractivity contribution in [3.05, 3.63) is 52.5 Å². The van der Waals surface area contributed by atoms with Crippen molar-refractivity contribution >= 4 is 34.9 Å².